The molecule has 0 aliphatic rings. The van der Waals surface area contributed by atoms with Crippen LogP contribution in [0.4, 0.5) is 11.4 Å². The highest BCUT2D eigenvalue weighted by molar-refractivity contribution is 6.04. The number of hydrogen-bond donors (Lipinski definition) is 3. The van der Waals surface area contributed by atoms with Crippen molar-refractivity contribution < 1.29 is 9.90 Å². The SMILES string of the molecule is CCC(=O)Nc1ccccc1N=C(CC)c1c(O)n(-c2ccc(C)cc2)c(=O)[nH]c1=O. The maximum absolute atomic E-state index is 12.6. The van der Waals surface area contributed by atoms with Gasteiger partial charge in [0, 0.05) is 6.42 Å². The third-order valence-corrected chi connectivity index (χ3v) is 4.76. The molecule has 0 spiro atoms. The van der Waals surface area contributed by atoms with Gasteiger partial charge in [-0.05, 0) is 37.6 Å². The number of benzene rings is 2. The highest BCUT2D eigenvalue weighted by Gasteiger charge is 2.20. The Morgan fingerprint density at radius 3 is 2.39 bits per heavy atom. The van der Waals surface area contributed by atoms with Gasteiger partial charge in [-0.3, -0.25) is 19.6 Å². The number of para-hydroxylation sites is 2. The fourth-order valence-electron chi connectivity index (χ4n) is 3.09. The van der Waals surface area contributed by atoms with E-state index in [9.17, 15) is 19.5 Å². The molecule has 3 aromatic rings. The van der Waals surface area contributed by atoms with E-state index in [0.717, 1.165) is 10.1 Å². The van der Waals surface area contributed by atoms with Crippen LogP contribution in [-0.4, -0.2) is 26.3 Å². The Morgan fingerprint density at radius 2 is 1.74 bits per heavy atom. The van der Waals surface area contributed by atoms with Gasteiger partial charge in [-0.15, -0.1) is 0 Å². The lowest BCUT2D eigenvalue weighted by molar-refractivity contribution is -0.115. The molecule has 0 saturated carbocycles. The van der Waals surface area contributed by atoms with Gasteiger partial charge in [0.15, 0.2) is 0 Å². The number of rotatable bonds is 6. The Hall–Kier alpha value is -3.94. The summed E-state index contributed by atoms with van der Waals surface area (Å²) in [6.45, 7) is 5.43. The molecule has 31 heavy (non-hydrogen) atoms. The Bertz CT molecular complexity index is 1250. The number of hydrogen-bond acceptors (Lipinski definition) is 5. The average Bonchev–Trinajstić information content (AvgIpc) is 2.75. The maximum Gasteiger partial charge on any atom is 0.335 e. The summed E-state index contributed by atoms with van der Waals surface area (Å²) in [7, 11) is 0. The standard InChI is InChI=1S/C23H24N4O4/c1-4-16(24-17-8-6-7-9-18(17)25-19(28)5-2)20-21(29)26-23(31)27(22(20)30)15-12-10-14(3)11-13-15/h6-13,30H,4-5H2,1-3H3,(H,25,28)(H,26,29,31). The molecular formula is C23H24N4O4. The number of H-pyrrole nitrogens is 1. The lowest BCUT2D eigenvalue weighted by Crippen LogP contribution is -2.33. The number of aromatic nitrogens is 2. The van der Waals surface area contributed by atoms with E-state index in [1.807, 2.05) is 6.92 Å². The predicted octanol–water partition coefficient (Wildman–Crippen LogP) is 3.42. The summed E-state index contributed by atoms with van der Waals surface area (Å²) in [6, 6.07) is 13.9. The van der Waals surface area contributed by atoms with Crippen LogP contribution in [0.15, 0.2) is 63.1 Å². The quantitative estimate of drug-likeness (QED) is 0.530. The first-order valence-corrected chi connectivity index (χ1v) is 9.97. The first-order valence-electron chi connectivity index (χ1n) is 9.97. The summed E-state index contributed by atoms with van der Waals surface area (Å²) in [5, 5.41) is 13.7. The normalized spacial score (nSPS) is 11.4. The van der Waals surface area contributed by atoms with Gasteiger partial charge in [0.2, 0.25) is 11.8 Å². The van der Waals surface area contributed by atoms with Gasteiger partial charge in [-0.1, -0.05) is 43.7 Å². The highest BCUT2D eigenvalue weighted by atomic mass is 16.3. The van der Waals surface area contributed by atoms with E-state index in [1.165, 1.54) is 0 Å². The number of aliphatic imine (C=N–C) groups is 1. The van der Waals surface area contributed by atoms with Gasteiger partial charge in [-0.25, -0.2) is 9.36 Å². The van der Waals surface area contributed by atoms with Crippen molar-refractivity contribution in [2.45, 2.75) is 33.6 Å². The molecule has 1 amide bonds. The zero-order chi connectivity index (χ0) is 22.5. The number of amides is 1. The first kappa shape index (κ1) is 21.8. The van der Waals surface area contributed by atoms with Crippen molar-refractivity contribution in [3.8, 4) is 11.6 Å². The number of aromatic amines is 1. The van der Waals surface area contributed by atoms with Gasteiger partial charge >= 0.3 is 5.69 Å². The second-order valence-corrected chi connectivity index (χ2v) is 6.96. The fourth-order valence-corrected chi connectivity index (χ4v) is 3.09. The van der Waals surface area contributed by atoms with Gasteiger partial charge in [0.05, 0.1) is 22.8 Å². The smallest absolute Gasteiger partial charge is 0.335 e. The van der Waals surface area contributed by atoms with E-state index < -0.39 is 17.1 Å². The molecule has 0 aliphatic carbocycles. The molecule has 0 fully saturated rings. The molecule has 160 valence electrons. The number of aromatic hydroxyl groups is 1. The average molecular weight is 420 g/mol. The number of aryl methyl sites for hydroxylation is 1. The minimum absolute atomic E-state index is 0.0979. The molecule has 3 N–H and O–H groups in total. The van der Waals surface area contributed by atoms with Crippen molar-refractivity contribution in [1.29, 1.82) is 0 Å². The molecule has 0 bridgehead atoms. The predicted molar refractivity (Wildman–Crippen MR) is 121 cm³/mol. The number of anilines is 1. The molecule has 3 rings (SSSR count). The van der Waals surface area contributed by atoms with Crippen LogP contribution in [-0.2, 0) is 4.79 Å². The van der Waals surface area contributed by atoms with Crippen molar-refractivity contribution in [1.82, 2.24) is 9.55 Å². The maximum atomic E-state index is 12.6. The van der Waals surface area contributed by atoms with Crippen LogP contribution < -0.4 is 16.6 Å². The molecule has 1 heterocycles. The van der Waals surface area contributed by atoms with Crippen molar-refractivity contribution in [3.63, 3.8) is 0 Å². The Labute approximate surface area is 178 Å². The lowest BCUT2D eigenvalue weighted by atomic mass is 10.1. The van der Waals surface area contributed by atoms with Crippen molar-refractivity contribution in [2.24, 2.45) is 4.99 Å². The molecule has 2 aromatic carbocycles. The van der Waals surface area contributed by atoms with E-state index in [-0.39, 0.29) is 17.2 Å². The fraction of sp³-hybridized carbons (Fsp3) is 0.217. The third-order valence-electron chi connectivity index (χ3n) is 4.76. The minimum atomic E-state index is -0.749. The second kappa shape index (κ2) is 9.25. The minimum Gasteiger partial charge on any atom is -0.493 e. The summed E-state index contributed by atoms with van der Waals surface area (Å²) < 4.78 is 1.03. The Balaban J connectivity index is 2.19. The van der Waals surface area contributed by atoms with Gasteiger partial charge in [-0.2, -0.15) is 0 Å². The largest absolute Gasteiger partial charge is 0.493 e. The number of carbonyl (C=O) groups is 1. The van der Waals surface area contributed by atoms with Crippen LogP contribution in [0.1, 0.15) is 37.8 Å². The zero-order valence-corrected chi connectivity index (χ0v) is 17.6. The monoisotopic (exact) mass is 420 g/mol. The topological polar surface area (TPSA) is 117 Å². The van der Waals surface area contributed by atoms with Crippen LogP contribution in [0.5, 0.6) is 5.88 Å². The Morgan fingerprint density at radius 1 is 1.06 bits per heavy atom. The zero-order valence-electron chi connectivity index (χ0n) is 17.6. The number of carbonyl (C=O) groups excluding carboxylic acids is 1. The van der Waals surface area contributed by atoms with Crippen LogP contribution >= 0.6 is 0 Å². The summed E-state index contributed by atoms with van der Waals surface area (Å²) >= 11 is 0. The van der Waals surface area contributed by atoms with E-state index >= 15 is 0 Å². The van der Waals surface area contributed by atoms with E-state index in [0.29, 0.717) is 29.9 Å². The highest BCUT2D eigenvalue weighted by Crippen LogP contribution is 2.27. The van der Waals surface area contributed by atoms with E-state index in [2.05, 4.69) is 15.3 Å². The van der Waals surface area contributed by atoms with E-state index in [4.69, 9.17) is 0 Å². The second-order valence-electron chi connectivity index (χ2n) is 6.96. The number of nitrogens with zero attached hydrogens (tertiary/aromatic N) is 2. The molecule has 8 nitrogen and oxygen atoms in total. The van der Waals surface area contributed by atoms with Gasteiger partial charge < -0.3 is 10.4 Å². The van der Waals surface area contributed by atoms with Crippen LogP contribution in [0.25, 0.3) is 5.69 Å². The van der Waals surface area contributed by atoms with Crippen LogP contribution in [0.3, 0.4) is 0 Å². The summed E-state index contributed by atoms with van der Waals surface area (Å²) in [5.41, 5.74) is 1.02. The van der Waals surface area contributed by atoms with Gasteiger partial charge in [0.1, 0.15) is 5.56 Å². The molecule has 8 heteroatoms. The third kappa shape index (κ3) is 4.63. The van der Waals surface area contributed by atoms with Crippen LogP contribution in [0.2, 0.25) is 0 Å². The summed E-state index contributed by atoms with van der Waals surface area (Å²) in [5.74, 6) is -0.664. The van der Waals surface area contributed by atoms with Crippen molar-refractivity contribution >= 4 is 23.0 Å². The van der Waals surface area contributed by atoms with Crippen molar-refractivity contribution in [2.75, 3.05) is 5.32 Å². The first-order chi connectivity index (χ1) is 14.8. The summed E-state index contributed by atoms with van der Waals surface area (Å²) in [6.07, 6.45) is 0.611. The Kier molecular flexibility index (Phi) is 6.49. The molecule has 0 unspecified atom stereocenters. The lowest BCUT2D eigenvalue weighted by Gasteiger charge is -2.13. The molecular weight excluding hydrogens is 396 g/mol. The van der Waals surface area contributed by atoms with Gasteiger partial charge in [0.25, 0.3) is 5.56 Å². The van der Waals surface area contributed by atoms with E-state index in [1.54, 1.807) is 62.4 Å². The van der Waals surface area contributed by atoms with Crippen LogP contribution in [0, 0.1) is 6.92 Å². The molecule has 1 aromatic heterocycles. The molecule has 0 radical (unpaired) electrons. The molecule has 0 atom stereocenters. The van der Waals surface area contributed by atoms with Crippen molar-refractivity contribution in [3.05, 3.63) is 80.5 Å². The molecule has 0 saturated heterocycles. The summed E-state index contributed by atoms with van der Waals surface area (Å²) in [4.78, 5) is 43.7. The molecule has 0 aliphatic heterocycles. The number of nitrogens with one attached hydrogen (secondary N) is 2.